The van der Waals surface area contributed by atoms with Gasteiger partial charge in [0.15, 0.2) is 11.0 Å². The zero-order chi connectivity index (χ0) is 21.6. The minimum absolute atomic E-state index is 0.159. The molecular formula is C21H21N9S. The maximum absolute atomic E-state index is 5.91. The van der Waals surface area contributed by atoms with Crippen molar-refractivity contribution in [2.45, 2.75) is 24.4 Å². The summed E-state index contributed by atoms with van der Waals surface area (Å²) in [5.74, 6) is 2.32. The standard InChI is InChI=1S/C21H21N9S/c1-3-12-30-18(15-8-10-23-11-9-15)28-29-21(30)31-13-17-25-19(22)27-20(26-17)24-16-7-5-4-6-14(16)2/h3-11H,1,12-13H2,2H3,(H3,22,24,25,26,27). The summed E-state index contributed by atoms with van der Waals surface area (Å²) in [5.41, 5.74) is 8.85. The highest BCUT2D eigenvalue weighted by Gasteiger charge is 2.15. The monoisotopic (exact) mass is 431 g/mol. The second-order valence-electron chi connectivity index (χ2n) is 6.60. The van der Waals surface area contributed by atoms with E-state index in [-0.39, 0.29) is 5.95 Å². The van der Waals surface area contributed by atoms with Crippen LogP contribution in [0.25, 0.3) is 11.4 Å². The molecule has 4 aromatic rings. The molecular weight excluding hydrogens is 410 g/mol. The predicted octanol–water partition coefficient (Wildman–Crippen LogP) is 3.64. The molecule has 0 amide bonds. The Kier molecular flexibility index (Phi) is 6.18. The lowest BCUT2D eigenvalue weighted by Gasteiger charge is -2.10. The molecule has 0 aliphatic heterocycles. The minimum Gasteiger partial charge on any atom is -0.368 e. The first kappa shape index (κ1) is 20.5. The van der Waals surface area contributed by atoms with E-state index >= 15 is 0 Å². The maximum atomic E-state index is 5.91. The van der Waals surface area contributed by atoms with Gasteiger partial charge in [-0.2, -0.15) is 15.0 Å². The Labute approximate surface area is 183 Å². The Bertz CT molecular complexity index is 1190. The van der Waals surface area contributed by atoms with Gasteiger partial charge in [-0.3, -0.25) is 9.55 Å². The van der Waals surface area contributed by atoms with Crippen molar-refractivity contribution in [3.63, 3.8) is 0 Å². The van der Waals surface area contributed by atoms with E-state index in [4.69, 9.17) is 5.73 Å². The van der Waals surface area contributed by atoms with E-state index in [1.807, 2.05) is 54.0 Å². The zero-order valence-corrected chi connectivity index (χ0v) is 17.8. The topological polar surface area (TPSA) is 120 Å². The highest BCUT2D eigenvalue weighted by Crippen LogP contribution is 2.26. The van der Waals surface area contributed by atoms with E-state index in [1.165, 1.54) is 11.8 Å². The lowest BCUT2D eigenvalue weighted by Crippen LogP contribution is -2.07. The lowest BCUT2D eigenvalue weighted by molar-refractivity contribution is 0.730. The summed E-state index contributed by atoms with van der Waals surface area (Å²) < 4.78 is 1.99. The van der Waals surface area contributed by atoms with Crippen LogP contribution in [0.1, 0.15) is 11.4 Å². The Morgan fingerprint density at radius 2 is 1.90 bits per heavy atom. The number of pyridine rings is 1. The van der Waals surface area contributed by atoms with Crippen molar-refractivity contribution in [3.8, 4) is 11.4 Å². The number of hydrogen-bond acceptors (Lipinski definition) is 9. The van der Waals surface area contributed by atoms with Crippen LogP contribution in [0, 0.1) is 6.92 Å². The Balaban J connectivity index is 1.54. The maximum Gasteiger partial charge on any atom is 0.232 e. The second-order valence-corrected chi connectivity index (χ2v) is 7.55. The molecule has 3 aromatic heterocycles. The third kappa shape index (κ3) is 4.86. The summed E-state index contributed by atoms with van der Waals surface area (Å²) in [6.07, 6.45) is 5.26. The van der Waals surface area contributed by atoms with Gasteiger partial charge in [-0.05, 0) is 30.7 Å². The molecule has 10 heteroatoms. The average molecular weight is 432 g/mol. The molecule has 0 bridgehead atoms. The number of nitrogens with one attached hydrogen (secondary N) is 1. The first-order valence-corrected chi connectivity index (χ1v) is 10.5. The van der Waals surface area contributed by atoms with Gasteiger partial charge in [0, 0.05) is 30.2 Å². The van der Waals surface area contributed by atoms with E-state index in [0.717, 1.165) is 27.8 Å². The lowest BCUT2D eigenvalue weighted by atomic mass is 10.2. The van der Waals surface area contributed by atoms with Gasteiger partial charge in [0.25, 0.3) is 0 Å². The number of allylic oxidation sites excluding steroid dienone is 1. The fourth-order valence-electron chi connectivity index (χ4n) is 2.92. The molecule has 31 heavy (non-hydrogen) atoms. The van der Waals surface area contributed by atoms with Gasteiger partial charge in [0.05, 0.1) is 5.75 Å². The van der Waals surface area contributed by atoms with Crippen LogP contribution in [0.4, 0.5) is 17.6 Å². The number of aryl methyl sites for hydroxylation is 1. The van der Waals surface area contributed by atoms with Crippen LogP contribution in [-0.4, -0.2) is 34.7 Å². The van der Waals surface area contributed by atoms with Gasteiger partial charge in [0.1, 0.15) is 5.82 Å². The number of anilines is 3. The van der Waals surface area contributed by atoms with Crippen LogP contribution in [0.5, 0.6) is 0 Å². The third-order valence-electron chi connectivity index (χ3n) is 4.39. The van der Waals surface area contributed by atoms with Gasteiger partial charge in [-0.15, -0.1) is 16.8 Å². The number of rotatable bonds is 8. The third-order valence-corrected chi connectivity index (χ3v) is 5.35. The van der Waals surface area contributed by atoms with Crippen molar-refractivity contribution < 1.29 is 0 Å². The molecule has 0 aliphatic rings. The normalized spacial score (nSPS) is 10.7. The molecule has 3 heterocycles. The molecule has 0 saturated heterocycles. The molecule has 0 unspecified atom stereocenters. The summed E-state index contributed by atoms with van der Waals surface area (Å²) in [6.45, 7) is 6.43. The molecule has 1 aromatic carbocycles. The summed E-state index contributed by atoms with van der Waals surface area (Å²) in [5, 5.41) is 12.6. The largest absolute Gasteiger partial charge is 0.368 e. The van der Waals surface area contributed by atoms with Crippen LogP contribution in [-0.2, 0) is 12.3 Å². The van der Waals surface area contributed by atoms with Crippen LogP contribution in [0.2, 0.25) is 0 Å². The van der Waals surface area contributed by atoms with E-state index in [1.54, 1.807) is 12.4 Å². The summed E-state index contributed by atoms with van der Waals surface area (Å²) in [6, 6.07) is 11.7. The van der Waals surface area contributed by atoms with Crippen LogP contribution in [0.15, 0.2) is 66.6 Å². The number of nitrogens with two attached hydrogens (primary N) is 1. The summed E-state index contributed by atoms with van der Waals surface area (Å²) in [4.78, 5) is 17.0. The zero-order valence-electron chi connectivity index (χ0n) is 16.9. The first-order valence-electron chi connectivity index (χ1n) is 9.54. The second kappa shape index (κ2) is 9.35. The molecule has 156 valence electrons. The number of aromatic nitrogens is 7. The summed E-state index contributed by atoms with van der Waals surface area (Å²) >= 11 is 1.47. The summed E-state index contributed by atoms with van der Waals surface area (Å²) in [7, 11) is 0. The van der Waals surface area contributed by atoms with Crippen molar-refractivity contribution in [2.75, 3.05) is 11.1 Å². The van der Waals surface area contributed by atoms with Crippen LogP contribution in [0.3, 0.4) is 0 Å². The van der Waals surface area contributed by atoms with E-state index < -0.39 is 0 Å². The Morgan fingerprint density at radius 3 is 2.68 bits per heavy atom. The van der Waals surface area contributed by atoms with Gasteiger partial charge in [-0.1, -0.05) is 36.0 Å². The van der Waals surface area contributed by atoms with Crippen molar-refractivity contribution in [2.24, 2.45) is 0 Å². The van der Waals surface area contributed by atoms with E-state index in [9.17, 15) is 0 Å². The molecule has 0 atom stereocenters. The molecule has 0 aliphatic carbocycles. The number of thioether (sulfide) groups is 1. The fourth-order valence-corrected chi connectivity index (χ4v) is 3.73. The fraction of sp³-hybridized carbons (Fsp3) is 0.143. The van der Waals surface area contributed by atoms with Crippen molar-refractivity contribution in [1.82, 2.24) is 34.7 Å². The van der Waals surface area contributed by atoms with Gasteiger partial charge < -0.3 is 11.1 Å². The first-order chi connectivity index (χ1) is 15.1. The average Bonchev–Trinajstić information content (AvgIpc) is 3.17. The molecule has 0 spiro atoms. The number of para-hydroxylation sites is 1. The SMILES string of the molecule is C=CCn1c(SCc2nc(N)nc(Nc3ccccc3C)n2)nnc1-c1ccncc1. The van der Waals surface area contributed by atoms with E-state index in [0.29, 0.717) is 24.1 Å². The predicted molar refractivity (Wildman–Crippen MR) is 122 cm³/mol. The van der Waals surface area contributed by atoms with Crippen molar-refractivity contribution >= 4 is 29.3 Å². The van der Waals surface area contributed by atoms with Crippen molar-refractivity contribution in [1.29, 1.82) is 0 Å². The van der Waals surface area contributed by atoms with Gasteiger partial charge in [0.2, 0.25) is 11.9 Å². The molecule has 0 saturated carbocycles. The highest BCUT2D eigenvalue weighted by molar-refractivity contribution is 7.98. The quantitative estimate of drug-likeness (QED) is 0.318. The number of nitrogen functional groups attached to an aromatic ring is 1. The molecule has 4 rings (SSSR count). The molecule has 9 nitrogen and oxygen atoms in total. The van der Waals surface area contributed by atoms with E-state index in [2.05, 4.69) is 42.0 Å². The minimum atomic E-state index is 0.159. The Morgan fingerprint density at radius 1 is 1.10 bits per heavy atom. The van der Waals surface area contributed by atoms with Crippen molar-refractivity contribution in [3.05, 3.63) is 72.8 Å². The number of benzene rings is 1. The number of nitrogens with zero attached hydrogens (tertiary/aromatic N) is 7. The Hall–Kier alpha value is -3.79. The van der Waals surface area contributed by atoms with Gasteiger partial charge in [-0.25, -0.2) is 0 Å². The van der Waals surface area contributed by atoms with Gasteiger partial charge >= 0.3 is 0 Å². The number of hydrogen-bond donors (Lipinski definition) is 2. The molecule has 0 fully saturated rings. The van der Waals surface area contributed by atoms with Crippen LogP contribution < -0.4 is 11.1 Å². The molecule has 3 N–H and O–H groups in total. The molecule has 0 radical (unpaired) electrons. The smallest absolute Gasteiger partial charge is 0.232 e. The van der Waals surface area contributed by atoms with Crippen LogP contribution >= 0.6 is 11.8 Å². The highest BCUT2D eigenvalue weighted by atomic mass is 32.2.